The molecule has 1 heterocycles. The van der Waals surface area contributed by atoms with Crippen molar-refractivity contribution < 1.29 is 4.74 Å². The number of ether oxygens (including phenoxy) is 1. The Morgan fingerprint density at radius 1 is 1.17 bits per heavy atom. The summed E-state index contributed by atoms with van der Waals surface area (Å²) in [5, 5.41) is 0. The molecule has 2 aromatic rings. The molecule has 1 aromatic carbocycles. The maximum Gasteiger partial charge on any atom is 0.232 e. The number of aromatic nitrogens is 2. The molecule has 0 atom stereocenters. The lowest BCUT2D eigenvalue weighted by Crippen LogP contribution is -2.03. The largest absolute Gasteiger partial charge is 0.472 e. The van der Waals surface area contributed by atoms with E-state index in [4.69, 9.17) is 10.5 Å². The van der Waals surface area contributed by atoms with Crippen LogP contribution in [0.5, 0.6) is 5.88 Å². The SMILES string of the molecule is NCc1cncc(OCC=Cc2ccccc2)n1. The molecule has 0 spiro atoms. The number of nitrogens with two attached hydrogens (primary N) is 1. The minimum atomic E-state index is 0.365. The van der Waals surface area contributed by atoms with E-state index in [9.17, 15) is 0 Å². The monoisotopic (exact) mass is 241 g/mol. The Hall–Kier alpha value is -2.20. The fourth-order valence-corrected chi connectivity index (χ4v) is 1.44. The number of hydrogen-bond acceptors (Lipinski definition) is 4. The van der Waals surface area contributed by atoms with Crippen LogP contribution in [0, 0.1) is 0 Å². The minimum absolute atomic E-state index is 0.365. The van der Waals surface area contributed by atoms with Gasteiger partial charge in [-0.3, -0.25) is 4.98 Å². The molecule has 4 heteroatoms. The molecule has 4 nitrogen and oxygen atoms in total. The molecular formula is C14H15N3O. The molecule has 0 saturated carbocycles. The molecule has 1 aromatic heterocycles. The second-order valence-electron chi connectivity index (χ2n) is 3.68. The molecule has 0 aliphatic carbocycles. The molecule has 0 aliphatic rings. The van der Waals surface area contributed by atoms with Gasteiger partial charge in [-0.2, -0.15) is 0 Å². The Balaban J connectivity index is 1.86. The number of hydrogen-bond donors (Lipinski definition) is 1. The lowest BCUT2D eigenvalue weighted by molar-refractivity contribution is 0.346. The van der Waals surface area contributed by atoms with Crippen LogP contribution in [0.15, 0.2) is 48.8 Å². The topological polar surface area (TPSA) is 61.0 Å². The molecule has 0 unspecified atom stereocenters. The Labute approximate surface area is 106 Å². The second-order valence-corrected chi connectivity index (χ2v) is 3.68. The Kier molecular flexibility index (Phi) is 4.44. The van der Waals surface area contributed by atoms with Crippen LogP contribution >= 0.6 is 0 Å². The van der Waals surface area contributed by atoms with Crippen LogP contribution in [-0.4, -0.2) is 16.6 Å². The fourth-order valence-electron chi connectivity index (χ4n) is 1.44. The number of nitrogens with zero attached hydrogens (tertiary/aromatic N) is 2. The molecule has 2 rings (SSSR count). The normalized spacial score (nSPS) is 10.7. The van der Waals surface area contributed by atoms with E-state index in [2.05, 4.69) is 9.97 Å². The third-order valence-electron chi connectivity index (χ3n) is 2.31. The van der Waals surface area contributed by atoms with E-state index in [1.165, 1.54) is 0 Å². The highest BCUT2D eigenvalue weighted by molar-refractivity contribution is 5.48. The smallest absolute Gasteiger partial charge is 0.232 e. The van der Waals surface area contributed by atoms with E-state index >= 15 is 0 Å². The van der Waals surface area contributed by atoms with Crippen LogP contribution in [0.4, 0.5) is 0 Å². The van der Waals surface area contributed by atoms with Crippen molar-refractivity contribution in [3.8, 4) is 5.88 Å². The lowest BCUT2D eigenvalue weighted by Gasteiger charge is -2.02. The van der Waals surface area contributed by atoms with E-state index in [0.717, 1.165) is 11.3 Å². The first-order chi connectivity index (χ1) is 8.88. The van der Waals surface area contributed by atoms with Gasteiger partial charge in [-0.05, 0) is 11.6 Å². The second kappa shape index (κ2) is 6.51. The molecule has 0 fully saturated rings. The maximum absolute atomic E-state index is 5.48. The van der Waals surface area contributed by atoms with Crippen LogP contribution in [0.3, 0.4) is 0 Å². The highest BCUT2D eigenvalue weighted by Gasteiger charge is 1.96. The van der Waals surface area contributed by atoms with Crippen molar-refractivity contribution in [2.24, 2.45) is 5.73 Å². The first-order valence-electron chi connectivity index (χ1n) is 5.74. The maximum atomic E-state index is 5.48. The summed E-state index contributed by atoms with van der Waals surface area (Å²) in [6, 6.07) is 10.0. The van der Waals surface area contributed by atoms with Gasteiger partial charge in [0.05, 0.1) is 11.9 Å². The van der Waals surface area contributed by atoms with E-state index in [1.807, 2.05) is 42.5 Å². The van der Waals surface area contributed by atoms with Crippen molar-refractivity contribution in [1.29, 1.82) is 0 Å². The lowest BCUT2D eigenvalue weighted by atomic mass is 10.2. The van der Waals surface area contributed by atoms with E-state index in [0.29, 0.717) is 19.0 Å². The van der Waals surface area contributed by atoms with Gasteiger partial charge in [-0.25, -0.2) is 4.98 Å². The summed E-state index contributed by atoms with van der Waals surface area (Å²) in [6.45, 7) is 0.821. The third-order valence-corrected chi connectivity index (χ3v) is 2.31. The molecular weight excluding hydrogens is 226 g/mol. The van der Waals surface area contributed by atoms with Gasteiger partial charge in [-0.15, -0.1) is 0 Å². The zero-order chi connectivity index (χ0) is 12.6. The average molecular weight is 241 g/mol. The van der Waals surface area contributed by atoms with Crippen LogP contribution in [0.25, 0.3) is 6.08 Å². The number of benzene rings is 1. The van der Waals surface area contributed by atoms with Crippen molar-refractivity contribution in [3.05, 3.63) is 60.1 Å². The van der Waals surface area contributed by atoms with Gasteiger partial charge >= 0.3 is 0 Å². The van der Waals surface area contributed by atoms with Gasteiger partial charge < -0.3 is 10.5 Å². The molecule has 0 aliphatic heterocycles. The molecule has 0 amide bonds. The highest BCUT2D eigenvalue weighted by atomic mass is 16.5. The summed E-state index contributed by atoms with van der Waals surface area (Å²) in [5.74, 6) is 0.496. The standard InChI is InChI=1S/C14H15N3O/c15-9-13-10-16-11-14(17-13)18-8-4-7-12-5-2-1-3-6-12/h1-7,10-11H,8-9,15H2. The van der Waals surface area contributed by atoms with Crippen LogP contribution < -0.4 is 10.5 Å². The van der Waals surface area contributed by atoms with E-state index in [-0.39, 0.29) is 0 Å². The predicted molar refractivity (Wildman–Crippen MR) is 70.9 cm³/mol. The Morgan fingerprint density at radius 2 is 2.00 bits per heavy atom. The van der Waals surface area contributed by atoms with Crippen molar-refractivity contribution in [2.45, 2.75) is 6.54 Å². The number of rotatable bonds is 5. The first-order valence-corrected chi connectivity index (χ1v) is 5.74. The Bertz CT molecular complexity index is 511. The summed E-state index contributed by atoms with van der Waals surface area (Å²) < 4.78 is 5.45. The van der Waals surface area contributed by atoms with Crippen molar-refractivity contribution in [2.75, 3.05) is 6.61 Å². The van der Waals surface area contributed by atoms with Crippen LogP contribution in [0.2, 0.25) is 0 Å². The molecule has 18 heavy (non-hydrogen) atoms. The molecule has 92 valence electrons. The van der Waals surface area contributed by atoms with Gasteiger partial charge in [0.15, 0.2) is 0 Å². The summed E-state index contributed by atoms with van der Waals surface area (Å²) in [5.41, 5.74) is 7.34. The predicted octanol–water partition coefficient (Wildman–Crippen LogP) is 2.03. The minimum Gasteiger partial charge on any atom is -0.472 e. The van der Waals surface area contributed by atoms with Gasteiger partial charge in [0, 0.05) is 12.7 Å². The summed E-state index contributed by atoms with van der Waals surface area (Å²) >= 11 is 0. The average Bonchev–Trinajstić information content (AvgIpc) is 2.45. The molecule has 0 bridgehead atoms. The van der Waals surface area contributed by atoms with Crippen molar-refractivity contribution in [3.63, 3.8) is 0 Å². The van der Waals surface area contributed by atoms with Crippen molar-refractivity contribution >= 4 is 6.08 Å². The third kappa shape index (κ3) is 3.68. The zero-order valence-corrected chi connectivity index (χ0v) is 9.99. The zero-order valence-electron chi connectivity index (χ0n) is 9.99. The first kappa shape index (κ1) is 12.3. The quantitative estimate of drug-likeness (QED) is 0.870. The van der Waals surface area contributed by atoms with Crippen LogP contribution in [0.1, 0.15) is 11.3 Å². The summed E-state index contributed by atoms with van der Waals surface area (Å²) in [6.07, 6.45) is 7.15. The Morgan fingerprint density at radius 3 is 2.78 bits per heavy atom. The van der Waals surface area contributed by atoms with Gasteiger partial charge in [0.2, 0.25) is 5.88 Å². The van der Waals surface area contributed by atoms with Gasteiger partial charge in [-0.1, -0.05) is 36.4 Å². The van der Waals surface area contributed by atoms with Crippen LogP contribution in [-0.2, 0) is 6.54 Å². The van der Waals surface area contributed by atoms with Gasteiger partial charge in [0.25, 0.3) is 0 Å². The fraction of sp³-hybridized carbons (Fsp3) is 0.143. The summed E-state index contributed by atoms with van der Waals surface area (Å²) in [4.78, 5) is 8.19. The van der Waals surface area contributed by atoms with Crippen molar-refractivity contribution in [1.82, 2.24) is 9.97 Å². The highest BCUT2D eigenvalue weighted by Crippen LogP contribution is 2.05. The molecule has 0 radical (unpaired) electrons. The summed E-state index contributed by atoms with van der Waals surface area (Å²) in [7, 11) is 0. The van der Waals surface area contributed by atoms with E-state index in [1.54, 1.807) is 12.4 Å². The van der Waals surface area contributed by atoms with E-state index < -0.39 is 0 Å². The molecule has 0 saturated heterocycles. The van der Waals surface area contributed by atoms with Gasteiger partial charge in [0.1, 0.15) is 6.61 Å². The molecule has 2 N–H and O–H groups in total.